The number of hydrogen-bond acceptors (Lipinski definition) is 6. The van der Waals surface area contributed by atoms with Gasteiger partial charge in [0.25, 0.3) is 0 Å². The summed E-state index contributed by atoms with van der Waals surface area (Å²) in [6.45, 7) is 3.37. The van der Waals surface area contributed by atoms with Gasteiger partial charge in [-0.15, -0.1) is 0 Å². The Morgan fingerprint density at radius 1 is 1.07 bits per heavy atom. The highest BCUT2D eigenvalue weighted by atomic mass is 16.5. The minimum atomic E-state index is 0.610. The highest BCUT2D eigenvalue weighted by Gasteiger charge is 2.26. The monoisotopic (exact) mass is 404 g/mol. The first-order valence-corrected chi connectivity index (χ1v) is 10.7. The van der Waals surface area contributed by atoms with Crippen LogP contribution in [0.25, 0.3) is 22.3 Å². The molecule has 6 heteroatoms. The zero-order valence-electron chi connectivity index (χ0n) is 17.6. The summed E-state index contributed by atoms with van der Waals surface area (Å²) >= 11 is 0. The van der Waals surface area contributed by atoms with Gasteiger partial charge in [-0.05, 0) is 56.0 Å². The Kier molecular flexibility index (Phi) is 5.17. The number of hydrogen-bond donors (Lipinski definition) is 1. The van der Waals surface area contributed by atoms with E-state index in [1.165, 1.54) is 31.5 Å². The van der Waals surface area contributed by atoms with E-state index in [0.29, 0.717) is 17.6 Å². The predicted molar refractivity (Wildman–Crippen MR) is 119 cm³/mol. The molecule has 1 saturated carbocycles. The van der Waals surface area contributed by atoms with Crippen LogP contribution < -0.4 is 19.7 Å². The van der Waals surface area contributed by atoms with Crippen molar-refractivity contribution in [3.8, 4) is 22.9 Å². The summed E-state index contributed by atoms with van der Waals surface area (Å²) in [7, 11) is 3.29. The Hall–Kier alpha value is -2.86. The molecule has 156 valence electrons. The third-order valence-corrected chi connectivity index (χ3v) is 6.16. The minimum Gasteiger partial charge on any atom is -0.497 e. The quantitative estimate of drug-likeness (QED) is 0.645. The summed E-state index contributed by atoms with van der Waals surface area (Å²) in [5.41, 5.74) is 3.08. The number of nitrogens with zero attached hydrogens (tertiary/aromatic N) is 3. The van der Waals surface area contributed by atoms with Crippen LogP contribution in [0, 0.1) is 5.92 Å². The molecule has 6 nitrogen and oxygen atoms in total. The lowest BCUT2D eigenvalue weighted by Gasteiger charge is -2.19. The van der Waals surface area contributed by atoms with Crippen LogP contribution in [0.5, 0.6) is 11.5 Å². The van der Waals surface area contributed by atoms with Crippen molar-refractivity contribution in [2.75, 3.05) is 38.8 Å². The zero-order valence-corrected chi connectivity index (χ0v) is 17.6. The van der Waals surface area contributed by atoms with Crippen molar-refractivity contribution >= 4 is 16.6 Å². The Balaban J connectivity index is 1.33. The van der Waals surface area contributed by atoms with E-state index < -0.39 is 0 Å². The molecule has 30 heavy (non-hydrogen) atoms. The summed E-state index contributed by atoms with van der Waals surface area (Å²) in [6, 6.07) is 13.0. The van der Waals surface area contributed by atoms with Gasteiger partial charge in [-0.1, -0.05) is 0 Å². The second-order valence-electron chi connectivity index (χ2n) is 8.29. The molecule has 0 bridgehead atoms. The van der Waals surface area contributed by atoms with Gasteiger partial charge >= 0.3 is 0 Å². The van der Waals surface area contributed by atoms with Crippen LogP contribution in [0.2, 0.25) is 0 Å². The molecule has 0 amide bonds. The standard InChI is InChI=1S/C24H28N4O2/c1-29-20-11-22-21(23(12-20)30-2)14-26-24(27-22)17-5-7-19(8-6-17)28-10-9-18(15-28)25-13-16-3-4-16/h5-8,11-12,14,16,18,25H,3-4,9-10,13,15H2,1-2H3. The Bertz CT molecular complexity index is 1030. The van der Waals surface area contributed by atoms with Crippen LogP contribution >= 0.6 is 0 Å². The third-order valence-electron chi connectivity index (χ3n) is 6.16. The number of aromatic nitrogens is 2. The van der Waals surface area contributed by atoms with Gasteiger partial charge in [0.05, 0.1) is 25.1 Å². The molecule has 1 atom stereocenters. The number of benzene rings is 2. The summed E-state index contributed by atoms with van der Waals surface area (Å²) in [4.78, 5) is 11.8. The van der Waals surface area contributed by atoms with Crippen LogP contribution in [0.1, 0.15) is 19.3 Å². The van der Waals surface area contributed by atoms with Crippen molar-refractivity contribution in [3.63, 3.8) is 0 Å². The molecule has 1 N–H and O–H groups in total. The van der Waals surface area contributed by atoms with Crippen LogP contribution in [-0.2, 0) is 0 Å². The highest BCUT2D eigenvalue weighted by molar-refractivity contribution is 5.87. The SMILES string of the molecule is COc1cc(OC)c2cnc(-c3ccc(N4CCC(NCC5CC5)C4)cc3)nc2c1. The van der Waals surface area contributed by atoms with E-state index in [1.807, 2.05) is 18.3 Å². The Morgan fingerprint density at radius 3 is 2.63 bits per heavy atom. The summed E-state index contributed by atoms with van der Waals surface area (Å²) in [5, 5.41) is 4.61. The first-order valence-electron chi connectivity index (χ1n) is 10.7. The number of fused-ring (bicyclic) bond motifs is 1. The maximum Gasteiger partial charge on any atom is 0.159 e. The van der Waals surface area contributed by atoms with Crippen molar-refractivity contribution in [2.45, 2.75) is 25.3 Å². The van der Waals surface area contributed by atoms with Gasteiger partial charge in [-0.3, -0.25) is 0 Å². The molecule has 1 unspecified atom stereocenters. The molecule has 2 heterocycles. The van der Waals surface area contributed by atoms with Crippen LogP contribution in [-0.4, -0.2) is 49.9 Å². The average molecular weight is 405 g/mol. The molecule has 5 rings (SSSR count). The number of nitrogens with one attached hydrogen (secondary N) is 1. The summed E-state index contributed by atoms with van der Waals surface area (Å²) < 4.78 is 10.8. The second kappa shape index (κ2) is 8.11. The van der Waals surface area contributed by atoms with Crippen molar-refractivity contribution in [2.24, 2.45) is 5.92 Å². The molecule has 0 spiro atoms. The molecular formula is C24H28N4O2. The Morgan fingerprint density at radius 2 is 1.90 bits per heavy atom. The second-order valence-corrected chi connectivity index (χ2v) is 8.29. The summed E-state index contributed by atoms with van der Waals surface area (Å²) in [6.07, 6.45) is 5.84. The molecular weight excluding hydrogens is 376 g/mol. The number of anilines is 1. The molecule has 1 aliphatic carbocycles. The molecule has 3 aromatic rings. The fourth-order valence-electron chi connectivity index (χ4n) is 4.14. The molecule has 1 aliphatic heterocycles. The normalized spacial score (nSPS) is 18.7. The number of methoxy groups -OCH3 is 2. The van der Waals surface area contributed by atoms with E-state index in [1.54, 1.807) is 14.2 Å². The lowest BCUT2D eigenvalue weighted by Crippen LogP contribution is -2.33. The van der Waals surface area contributed by atoms with Gasteiger partial charge in [0.1, 0.15) is 11.5 Å². The molecule has 1 aromatic heterocycles. The first kappa shape index (κ1) is 19.1. The van der Waals surface area contributed by atoms with Crippen molar-refractivity contribution in [3.05, 3.63) is 42.6 Å². The lowest BCUT2D eigenvalue weighted by molar-refractivity contribution is 0.397. The van der Waals surface area contributed by atoms with E-state index in [-0.39, 0.29) is 0 Å². The predicted octanol–water partition coefficient (Wildman–Crippen LogP) is 3.89. The molecule has 1 saturated heterocycles. The van der Waals surface area contributed by atoms with Gasteiger partial charge < -0.3 is 19.7 Å². The van der Waals surface area contributed by atoms with Crippen LogP contribution in [0.15, 0.2) is 42.6 Å². The fourth-order valence-corrected chi connectivity index (χ4v) is 4.14. The van der Waals surface area contributed by atoms with E-state index in [0.717, 1.165) is 41.2 Å². The highest BCUT2D eigenvalue weighted by Crippen LogP contribution is 2.32. The number of rotatable bonds is 7. The van der Waals surface area contributed by atoms with Crippen LogP contribution in [0.4, 0.5) is 5.69 Å². The maximum absolute atomic E-state index is 5.46. The lowest BCUT2D eigenvalue weighted by atomic mass is 10.1. The third kappa shape index (κ3) is 3.92. The first-order chi connectivity index (χ1) is 14.7. The van der Waals surface area contributed by atoms with Crippen LogP contribution in [0.3, 0.4) is 0 Å². The van der Waals surface area contributed by atoms with Gasteiger partial charge in [0, 0.05) is 48.7 Å². The smallest absolute Gasteiger partial charge is 0.159 e. The average Bonchev–Trinajstić information content (AvgIpc) is 3.51. The topological polar surface area (TPSA) is 59.5 Å². The molecule has 0 radical (unpaired) electrons. The van der Waals surface area contributed by atoms with Gasteiger partial charge in [0.15, 0.2) is 5.82 Å². The molecule has 2 aliphatic rings. The van der Waals surface area contributed by atoms with E-state index in [2.05, 4.69) is 39.5 Å². The van der Waals surface area contributed by atoms with E-state index >= 15 is 0 Å². The van der Waals surface area contributed by atoms with Crippen molar-refractivity contribution in [1.82, 2.24) is 15.3 Å². The van der Waals surface area contributed by atoms with Crippen molar-refractivity contribution < 1.29 is 9.47 Å². The van der Waals surface area contributed by atoms with Gasteiger partial charge in [-0.2, -0.15) is 0 Å². The van der Waals surface area contributed by atoms with Gasteiger partial charge in [-0.25, -0.2) is 9.97 Å². The molecule has 2 fully saturated rings. The summed E-state index contributed by atoms with van der Waals surface area (Å²) in [5.74, 6) is 3.07. The fraction of sp³-hybridized carbons (Fsp3) is 0.417. The molecule has 2 aromatic carbocycles. The largest absolute Gasteiger partial charge is 0.497 e. The van der Waals surface area contributed by atoms with Gasteiger partial charge in [0.2, 0.25) is 0 Å². The van der Waals surface area contributed by atoms with E-state index in [9.17, 15) is 0 Å². The zero-order chi connectivity index (χ0) is 20.5. The van der Waals surface area contributed by atoms with E-state index in [4.69, 9.17) is 14.5 Å². The van der Waals surface area contributed by atoms with Crippen molar-refractivity contribution in [1.29, 1.82) is 0 Å². The maximum atomic E-state index is 5.46. The Labute approximate surface area is 177 Å². The minimum absolute atomic E-state index is 0.610. The number of ether oxygens (including phenoxy) is 2.